The Kier molecular flexibility index (Phi) is 12.0. The fraction of sp³-hybridized carbons (Fsp3) is 0.500. The highest BCUT2D eigenvalue weighted by molar-refractivity contribution is 7.92. The van der Waals surface area contributed by atoms with Crippen LogP contribution in [-0.2, 0) is 21.4 Å². The molecule has 3 rings (SSSR count). The molecule has 10 heteroatoms. The lowest BCUT2D eigenvalue weighted by Gasteiger charge is -2.33. The highest BCUT2D eigenvalue weighted by Gasteiger charge is 2.22. The molecule has 1 unspecified atom stereocenters. The van der Waals surface area contributed by atoms with Gasteiger partial charge in [-0.1, -0.05) is 25.5 Å². The minimum atomic E-state index is -3.30. The van der Waals surface area contributed by atoms with Gasteiger partial charge in [0.1, 0.15) is 11.5 Å². The molecule has 0 saturated carbocycles. The van der Waals surface area contributed by atoms with Gasteiger partial charge >= 0.3 is 0 Å². The van der Waals surface area contributed by atoms with Gasteiger partial charge < -0.3 is 15.4 Å². The van der Waals surface area contributed by atoms with E-state index in [2.05, 4.69) is 39.3 Å². The van der Waals surface area contributed by atoms with Crippen LogP contribution in [0.1, 0.15) is 45.1 Å². The van der Waals surface area contributed by atoms with Gasteiger partial charge in [0, 0.05) is 24.8 Å². The van der Waals surface area contributed by atoms with Gasteiger partial charge in [0.05, 0.1) is 12.3 Å². The molecule has 1 amide bonds. The van der Waals surface area contributed by atoms with Crippen molar-refractivity contribution >= 4 is 34.0 Å². The van der Waals surface area contributed by atoms with Gasteiger partial charge in [-0.15, -0.1) is 12.4 Å². The first-order valence-electron chi connectivity index (χ1n) is 12.3. The zero-order valence-corrected chi connectivity index (χ0v) is 23.0. The summed E-state index contributed by atoms with van der Waals surface area (Å²) < 4.78 is 30.9. The van der Waals surface area contributed by atoms with Crippen LogP contribution < -0.4 is 20.1 Å². The molecule has 1 fully saturated rings. The molecular formula is C26H39ClN4O4S. The number of nitrogens with one attached hydrogen (secondary N) is 3. The fourth-order valence-corrected chi connectivity index (χ4v) is 4.65. The number of benzene rings is 2. The number of nitrogens with zero attached hydrogens (tertiary/aromatic N) is 1. The molecule has 2 aromatic rings. The number of ether oxygens (including phenoxy) is 1. The Hall–Kier alpha value is -2.33. The lowest BCUT2D eigenvalue weighted by atomic mass is 10.0. The monoisotopic (exact) mass is 538 g/mol. The smallest absolute Gasteiger partial charge is 0.236 e. The largest absolute Gasteiger partial charge is 0.457 e. The Bertz CT molecular complexity index is 1040. The molecule has 200 valence electrons. The summed E-state index contributed by atoms with van der Waals surface area (Å²) in [5, 5.41) is 6.48. The molecule has 1 heterocycles. The number of hydrogen-bond donors (Lipinski definition) is 3. The van der Waals surface area contributed by atoms with E-state index < -0.39 is 10.0 Å². The predicted octanol–water partition coefficient (Wildman–Crippen LogP) is 4.13. The van der Waals surface area contributed by atoms with Crippen LogP contribution in [0.15, 0.2) is 48.5 Å². The van der Waals surface area contributed by atoms with E-state index in [-0.39, 0.29) is 24.4 Å². The summed E-state index contributed by atoms with van der Waals surface area (Å²) in [6, 6.07) is 15.0. The zero-order chi connectivity index (χ0) is 25.3. The summed E-state index contributed by atoms with van der Waals surface area (Å²) in [7, 11) is -3.30. The Labute approximate surface area is 221 Å². The van der Waals surface area contributed by atoms with Crippen LogP contribution >= 0.6 is 12.4 Å². The molecule has 0 aromatic heterocycles. The maximum Gasteiger partial charge on any atom is 0.236 e. The average Bonchev–Trinajstić information content (AvgIpc) is 2.82. The van der Waals surface area contributed by atoms with E-state index in [0.717, 1.165) is 63.9 Å². The van der Waals surface area contributed by atoms with Crippen molar-refractivity contribution in [2.75, 3.05) is 30.6 Å². The summed E-state index contributed by atoms with van der Waals surface area (Å²) in [6.07, 6.45) is 5.27. The van der Waals surface area contributed by atoms with Gasteiger partial charge in [-0.25, -0.2) is 8.42 Å². The van der Waals surface area contributed by atoms with Gasteiger partial charge in [0.2, 0.25) is 15.9 Å². The first-order valence-corrected chi connectivity index (χ1v) is 14.2. The number of carbonyl (C=O) groups excluding carboxylic acids is 1. The van der Waals surface area contributed by atoms with E-state index >= 15 is 0 Å². The second-order valence-electron chi connectivity index (χ2n) is 9.23. The van der Waals surface area contributed by atoms with Crippen LogP contribution in [0, 0.1) is 0 Å². The Morgan fingerprint density at radius 1 is 1.06 bits per heavy atom. The normalized spacial score (nSPS) is 15.5. The number of carbonyl (C=O) groups is 1. The van der Waals surface area contributed by atoms with Crippen molar-refractivity contribution in [1.29, 1.82) is 0 Å². The van der Waals surface area contributed by atoms with E-state index in [0.29, 0.717) is 17.5 Å². The minimum absolute atomic E-state index is 0. The number of unbranched alkanes of at least 4 members (excludes halogenated alkanes) is 1. The maximum atomic E-state index is 12.2. The van der Waals surface area contributed by atoms with Gasteiger partial charge in [0.25, 0.3) is 0 Å². The Balaban J connectivity index is 0.00000456. The van der Waals surface area contributed by atoms with Crippen LogP contribution in [0.3, 0.4) is 0 Å². The Morgan fingerprint density at radius 2 is 1.64 bits per heavy atom. The van der Waals surface area contributed by atoms with Crippen LogP contribution in [0.5, 0.6) is 11.5 Å². The number of hydrogen-bond acceptors (Lipinski definition) is 6. The molecule has 1 saturated heterocycles. The van der Waals surface area contributed by atoms with E-state index in [1.54, 1.807) is 24.3 Å². The summed E-state index contributed by atoms with van der Waals surface area (Å²) in [6.45, 7) is 7.68. The number of rotatable bonds is 12. The van der Waals surface area contributed by atoms with Gasteiger partial charge in [-0.2, -0.15) is 0 Å². The highest BCUT2D eigenvalue weighted by atomic mass is 35.5. The topological polar surface area (TPSA) is 99.8 Å². The molecular weight excluding hydrogens is 500 g/mol. The minimum Gasteiger partial charge on any atom is -0.457 e. The molecule has 1 aliphatic rings. The molecule has 0 aliphatic carbocycles. The molecule has 0 radical (unpaired) electrons. The first-order chi connectivity index (χ1) is 16.7. The molecule has 3 N–H and O–H groups in total. The molecule has 0 spiro atoms. The maximum absolute atomic E-state index is 12.2. The summed E-state index contributed by atoms with van der Waals surface area (Å²) in [5.41, 5.74) is 1.72. The first kappa shape index (κ1) is 29.9. The van der Waals surface area contributed by atoms with Gasteiger partial charge in [0.15, 0.2) is 0 Å². The summed E-state index contributed by atoms with van der Waals surface area (Å²) in [5.74, 6) is 1.45. The lowest BCUT2D eigenvalue weighted by molar-refractivity contribution is -0.123. The zero-order valence-electron chi connectivity index (χ0n) is 21.3. The van der Waals surface area contributed by atoms with E-state index in [1.165, 1.54) is 5.56 Å². The van der Waals surface area contributed by atoms with Gasteiger partial charge in [-0.05, 0) is 81.2 Å². The van der Waals surface area contributed by atoms with E-state index in [4.69, 9.17) is 4.74 Å². The summed E-state index contributed by atoms with van der Waals surface area (Å²) in [4.78, 5) is 14.6. The number of sulfonamides is 1. The molecule has 0 bridgehead atoms. The second-order valence-corrected chi connectivity index (χ2v) is 11.0. The van der Waals surface area contributed by atoms with Crippen molar-refractivity contribution in [3.8, 4) is 11.5 Å². The number of anilines is 1. The highest BCUT2D eigenvalue weighted by Crippen LogP contribution is 2.24. The van der Waals surface area contributed by atoms with Gasteiger partial charge in [-0.3, -0.25) is 14.4 Å². The molecule has 8 nitrogen and oxygen atoms in total. The van der Waals surface area contributed by atoms with Crippen LogP contribution in [0.4, 0.5) is 5.69 Å². The fourth-order valence-electron chi connectivity index (χ4n) is 4.09. The Morgan fingerprint density at radius 3 is 2.19 bits per heavy atom. The third kappa shape index (κ3) is 10.3. The van der Waals surface area contributed by atoms with Crippen LogP contribution in [0.2, 0.25) is 0 Å². The van der Waals surface area contributed by atoms with Crippen molar-refractivity contribution in [2.45, 2.75) is 58.2 Å². The van der Waals surface area contributed by atoms with Crippen molar-refractivity contribution in [3.63, 3.8) is 0 Å². The number of piperidine rings is 1. The van der Waals surface area contributed by atoms with Crippen molar-refractivity contribution < 1.29 is 17.9 Å². The van der Waals surface area contributed by atoms with Crippen LogP contribution in [0.25, 0.3) is 0 Å². The third-order valence-corrected chi connectivity index (χ3v) is 6.63. The average molecular weight is 539 g/mol. The molecule has 1 atom stereocenters. The van der Waals surface area contributed by atoms with Crippen molar-refractivity contribution in [1.82, 2.24) is 15.5 Å². The van der Waals surface area contributed by atoms with E-state index in [9.17, 15) is 13.2 Å². The third-order valence-electron chi connectivity index (χ3n) is 6.02. The van der Waals surface area contributed by atoms with Crippen molar-refractivity contribution in [2.24, 2.45) is 0 Å². The van der Waals surface area contributed by atoms with E-state index in [1.807, 2.05) is 19.1 Å². The second kappa shape index (κ2) is 14.4. The number of amides is 1. The molecule has 36 heavy (non-hydrogen) atoms. The molecule has 2 aromatic carbocycles. The number of halogens is 1. The number of likely N-dealkylation sites (tertiary alicyclic amines) is 1. The SMILES string of the molecule is CCCCNC(=O)C(C)NC1CCN(Cc2ccc(Oc3ccc(NS(C)(=O)=O)cc3)cc2)CC1.Cl. The standard InChI is InChI=1S/C26H38N4O4S.ClH/c1-4-5-16-27-26(31)20(2)28-22-14-17-30(18-15-22)19-21-6-10-24(11-7-21)34-25-12-8-23(9-13-25)29-35(3,32)33;/h6-13,20,22,28-29H,4-5,14-19H2,1-3H3,(H,27,31);1H. The quantitative estimate of drug-likeness (QED) is 0.351. The van der Waals surface area contributed by atoms with Crippen molar-refractivity contribution in [3.05, 3.63) is 54.1 Å². The summed E-state index contributed by atoms with van der Waals surface area (Å²) >= 11 is 0. The lowest BCUT2D eigenvalue weighted by Crippen LogP contribution is -2.50. The predicted molar refractivity (Wildman–Crippen MR) is 147 cm³/mol. The van der Waals surface area contributed by atoms with Crippen LogP contribution in [-0.4, -0.2) is 57.2 Å². The molecule has 1 aliphatic heterocycles.